The van der Waals surface area contributed by atoms with E-state index in [4.69, 9.17) is 16.3 Å². The molecule has 146 valence electrons. The lowest BCUT2D eigenvalue weighted by Gasteiger charge is -2.22. The standard InChI is InChI=1S/C16H20ClF3N2O4/c1-15(2,3)26-14(24)21-8-12(13(23)25-4)22-9-5-6-11(17)10(7-9)16(18,19)20/h5-7,12,22H,8H2,1-4H3,(H,21,24)/t12-/m0/s1. The number of rotatable bonds is 5. The number of hydrogen-bond acceptors (Lipinski definition) is 5. The Morgan fingerprint density at radius 2 is 1.85 bits per heavy atom. The van der Waals surface area contributed by atoms with Crippen molar-refractivity contribution in [3.8, 4) is 0 Å². The largest absolute Gasteiger partial charge is 0.467 e. The zero-order valence-electron chi connectivity index (χ0n) is 14.7. The lowest BCUT2D eigenvalue weighted by atomic mass is 10.1. The number of benzene rings is 1. The molecule has 0 aliphatic carbocycles. The Kier molecular flexibility index (Phi) is 7.14. The van der Waals surface area contributed by atoms with Gasteiger partial charge >= 0.3 is 18.2 Å². The van der Waals surface area contributed by atoms with Crippen LogP contribution in [0.5, 0.6) is 0 Å². The molecule has 26 heavy (non-hydrogen) atoms. The second-order valence-corrected chi connectivity index (χ2v) is 6.70. The van der Waals surface area contributed by atoms with E-state index in [-0.39, 0.29) is 12.2 Å². The van der Waals surface area contributed by atoms with Gasteiger partial charge in [-0.3, -0.25) is 0 Å². The lowest BCUT2D eigenvalue weighted by molar-refractivity contribution is -0.141. The molecule has 0 spiro atoms. The van der Waals surface area contributed by atoms with Crippen molar-refractivity contribution in [2.24, 2.45) is 0 Å². The van der Waals surface area contributed by atoms with E-state index < -0.39 is 40.5 Å². The van der Waals surface area contributed by atoms with Crippen molar-refractivity contribution in [1.29, 1.82) is 0 Å². The molecule has 1 aromatic carbocycles. The van der Waals surface area contributed by atoms with Gasteiger partial charge in [-0.25, -0.2) is 9.59 Å². The number of methoxy groups -OCH3 is 1. The first-order valence-corrected chi connectivity index (χ1v) is 7.89. The quantitative estimate of drug-likeness (QED) is 0.739. The van der Waals surface area contributed by atoms with Gasteiger partial charge in [-0.15, -0.1) is 0 Å². The Morgan fingerprint density at radius 1 is 1.23 bits per heavy atom. The number of alkyl carbamates (subject to hydrolysis) is 1. The minimum absolute atomic E-state index is 0.0110. The maximum absolute atomic E-state index is 12.9. The predicted molar refractivity (Wildman–Crippen MR) is 90.1 cm³/mol. The Hall–Kier alpha value is -2.16. The number of alkyl halides is 3. The molecule has 0 aromatic heterocycles. The van der Waals surface area contributed by atoms with Crippen molar-refractivity contribution in [3.63, 3.8) is 0 Å². The fourth-order valence-electron chi connectivity index (χ4n) is 1.87. The highest BCUT2D eigenvalue weighted by atomic mass is 35.5. The SMILES string of the molecule is COC(=O)[C@H](CNC(=O)OC(C)(C)C)Nc1ccc(Cl)c(C(F)(F)F)c1. The minimum Gasteiger partial charge on any atom is -0.467 e. The van der Waals surface area contributed by atoms with Crippen molar-refractivity contribution in [1.82, 2.24) is 5.32 Å². The van der Waals surface area contributed by atoms with Crippen LogP contribution in [0.4, 0.5) is 23.7 Å². The fraction of sp³-hybridized carbons (Fsp3) is 0.500. The summed E-state index contributed by atoms with van der Waals surface area (Å²) in [6.07, 6.45) is -5.43. The van der Waals surface area contributed by atoms with Crippen LogP contribution in [0.25, 0.3) is 0 Å². The lowest BCUT2D eigenvalue weighted by Crippen LogP contribution is -2.43. The number of hydrogen-bond donors (Lipinski definition) is 2. The smallest absolute Gasteiger partial charge is 0.417 e. The molecule has 1 rings (SSSR count). The molecule has 0 heterocycles. The van der Waals surface area contributed by atoms with Gasteiger partial charge in [0.2, 0.25) is 0 Å². The van der Waals surface area contributed by atoms with E-state index in [1.807, 2.05) is 0 Å². The summed E-state index contributed by atoms with van der Waals surface area (Å²) in [6.45, 7) is 4.73. The highest BCUT2D eigenvalue weighted by Gasteiger charge is 2.33. The fourth-order valence-corrected chi connectivity index (χ4v) is 2.09. The number of halogens is 4. The summed E-state index contributed by atoms with van der Waals surface area (Å²) in [4.78, 5) is 23.5. The average Bonchev–Trinajstić information content (AvgIpc) is 2.49. The number of carbonyl (C=O) groups is 2. The molecule has 6 nitrogen and oxygen atoms in total. The van der Waals surface area contributed by atoms with Gasteiger partial charge in [-0.05, 0) is 39.0 Å². The van der Waals surface area contributed by atoms with Crippen LogP contribution in [0.1, 0.15) is 26.3 Å². The van der Waals surface area contributed by atoms with Crippen molar-refractivity contribution in [2.45, 2.75) is 38.6 Å². The van der Waals surface area contributed by atoms with Crippen LogP contribution < -0.4 is 10.6 Å². The summed E-state index contributed by atoms with van der Waals surface area (Å²) in [6, 6.07) is 1.98. The molecule has 10 heteroatoms. The molecule has 0 aliphatic rings. The number of carbonyl (C=O) groups excluding carboxylic acids is 2. The van der Waals surface area contributed by atoms with Gasteiger partial charge in [-0.1, -0.05) is 11.6 Å². The Bertz CT molecular complexity index is 660. The molecule has 0 saturated carbocycles. The second-order valence-electron chi connectivity index (χ2n) is 6.30. The van der Waals surface area contributed by atoms with Crippen molar-refractivity contribution in [2.75, 3.05) is 19.0 Å². The van der Waals surface area contributed by atoms with Crippen LogP contribution in [0.3, 0.4) is 0 Å². The zero-order valence-corrected chi connectivity index (χ0v) is 15.4. The third kappa shape index (κ3) is 6.99. The molecule has 1 amide bonds. The van der Waals surface area contributed by atoms with Crippen LogP contribution >= 0.6 is 11.6 Å². The van der Waals surface area contributed by atoms with Gasteiger partial charge in [0.1, 0.15) is 11.6 Å². The van der Waals surface area contributed by atoms with Crippen LogP contribution in [-0.4, -0.2) is 37.4 Å². The second kappa shape index (κ2) is 8.48. The van der Waals surface area contributed by atoms with Gasteiger partial charge in [0.25, 0.3) is 0 Å². The summed E-state index contributed by atoms with van der Waals surface area (Å²) in [5, 5.41) is 4.47. The highest BCUT2D eigenvalue weighted by molar-refractivity contribution is 6.31. The summed E-state index contributed by atoms with van der Waals surface area (Å²) in [5.74, 6) is -0.774. The number of nitrogens with one attached hydrogen (secondary N) is 2. The molecular formula is C16H20ClF3N2O4. The van der Waals surface area contributed by atoms with Crippen LogP contribution in [0, 0.1) is 0 Å². The normalized spacial score (nSPS) is 12.9. The summed E-state index contributed by atoms with van der Waals surface area (Å²) < 4.78 is 48.4. The van der Waals surface area contributed by atoms with Crippen LogP contribution in [0.15, 0.2) is 18.2 Å². The first-order valence-electron chi connectivity index (χ1n) is 7.51. The molecular weight excluding hydrogens is 377 g/mol. The van der Waals surface area contributed by atoms with E-state index in [9.17, 15) is 22.8 Å². The van der Waals surface area contributed by atoms with Crippen molar-refractivity contribution < 1.29 is 32.2 Å². The van der Waals surface area contributed by atoms with E-state index in [1.54, 1.807) is 20.8 Å². The Labute approximate surface area is 154 Å². The minimum atomic E-state index is -4.65. The Morgan fingerprint density at radius 3 is 2.35 bits per heavy atom. The number of esters is 1. The molecule has 0 aliphatic heterocycles. The molecule has 0 unspecified atom stereocenters. The average molecular weight is 397 g/mol. The van der Waals surface area contributed by atoms with Gasteiger partial charge in [0.05, 0.1) is 24.2 Å². The van der Waals surface area contributed by atoms with Gasteiger partial charge in [0.15, 0.2) is 0 Å². The maximum atomic E-state index is 12.9. The first kappa shape index (κ1) is 21.9. The number of amides is 1. The van der Waals surface area contributed by atoms with Crippen LogP contribution in [0.2, 0.25) is 5.02 Å². The summed E-state index contributed by atoms with van der Waals surface area (Å²) in [7, 11) is 1.12. The van der Waals surface area contributed by atoms with E-state index in [0.29, 0.717) is 0 Å². The van der Waals surface area contributed by atoms with E-state index in [2.05, 4.69) is 15.4 Å². The number of ether oxygens (including phenoxy) is 2. The Balaban J connectivity index is 2.89. The summed E-state index contributed by atoms with van der Waals surface area (Å²) >= 11 is 5.56. The van der Waals surface area contributed by atoms with Gasteiger partial charge < -0.3 is 20.1 Å². The maximum Gasteiger partial charge on any atom is 0.417 e. The predicted octanol–water partition coefficient (Wildman–Crippen LogP) is 3.84. The van der Waals surface area contributed by atoms with Crippen molar-refractivity contribution in [3.05, 3.63) is 28.8 Å². The third-order valence-electron chi connectivity index (χ3n) is 2.95. The zero-order chi connectivity index (χ0) is 20.1. The monoisotopic (exact) mass is 396 g/mol. The van der Waals surface area contributed by atoms with E-state index in [1.165, 1.54) is 6.07 Å². The molecule has 0 bridgehead atoms. The molecule has 0 radical (unpaired) electrons. The van der Waals surface area contributed by atoms with Gasteiger partial charge in [-0.2, -0.15) is 13.2 Å². The molecule has 0 saturated heterocycles. The number of anilines is 1. The van der Waals surface area contributed by atoms with E-state index in [0.717, 1.165) is 19.2 Å². The van der Waals surface area contributed by atoms with Gasteiger partial charge in [0, 0.05) is 5.69 Å². The topological polar surface area (TPSA) is 76.7 Å². The highest BCUT2D eigenvalue weighted by Crippen LogP contribution is 2.36. The van der Waals surface area contributed by atoms with E-state index >= 15 is 0 Å². The summed E-state index contributed by atoms with van der Waals surface area (Å²) in [5.41, 5.74) is -1.80. The molecule has 1 atom stereocenters. The third-order valence-corrected chi connectivity index (χ3v) is 3.28. The molecule has 0 fully saturated rings. The molecule has 2 N–H and O–H groups in total. The first-order chi connectivity index (χ1) is 11.8. The molecule has 1 aromatic rings. The van der Waals surface area contributed by atoms with Crippen LogP contribution in [-0.2, 0) is 20.4 Å². The van der Waals surface area contributed by atoms with Crippen molar-refractivity contribution >= 4 is 29.4 Å².